The highest BCUT2D eigenvalue weighted by molar-refractivity contribution is 7.91. The highest BCUT2D eigenvalue weighted by Gasteiger charge is 2.36. The van der Waals surface area contributed by atoms with Gasteiger partial charge in [-0.25, -0.2) is 8.42 Å². The molecule has 0 bridgehead atoms. The van der Waals surface area contributed by atoms with Crippen molar-refractivity contribution in [3.8, 4) is 0 Å². The second-order valence-corrected chi connectivity index (χ2v) is 7.79. The van der Waals surface area contributed by atoms with E-state index in [-0.39, 0.29) is 12.6 Å². The maximum Gasteiger partial charge on any atom is 0.405 e. The molecule has 1 N–H and O–H groups in total. The minimum atomic E-state index is -4.45. The Bertz CT molecular complexity index is 465. The number of nitrogens with zero attached hydrogens (tertiary/aromatic N) is 1. The van der Waals surface area contributed by atoms with E-state index in [2.05, 4.69) is 0 Å². The maximum atomic E-state index is 12.0. The molecule has 124 valence electrons. The van der Waals surface area contributed by atoms with Gasteiger partial charge in [-0.1, -0.05) is 12.8 Å². The lowest BCUT2D eigenvalue weighted by molar-refractivity contribution is -0.139. The third-order valence-electron chi connectivity index (χ3n) is 3.66. The minimum Gasteiger partial charge on any atom is -0.346 e. The monoisotopic (exact) mass is 330 g/mol. The van der Waals surface area contributed by atoms with Gasteiger partial charge in [0.25, 0.3) is 0 Å². The normalized spacial score (nSPS) is 24.1. The summed E-state index contributed by atoms with van der Waals surface area (Å²) in [5.41, 5.74) is 0. The van der Waals surface area contributed by atoms with E-state index >= 15 is 0 Å². The number of amides is 1. The molecule has 0 saturated heterocycles. The van der Waals surface area contributed by atoms with E-state index in [4.69, 9.17) is 0 Å². The molecule has 1 aliphatic carbocycles. The molecule has 0 aromatic carbocycles. The third-order valence-corrected chi connectivity index (χ3v) is 5.31. The van der Waals surface area contributed by atoms with E-state index in [1.807, 2.05) is 0 Å². The Labute approximate surface area is 122 Å². The molecule has 0 radical (unpaired) electrons. The predicted molar refractivity (Wildman–Crippen MR) is 72.6 cm³/mol. The topological polar surface area (TPSA) is 66.5 Å². The van der Waals surface area contributed by atoms with E-state index in [0.29, 0.717) is 12.8 Å². The number of carbonyl (C=O) groups excluding carboxylic acids is 1. The number of halogens is 3. The van der Waals surface area contributed by atoms with Gasteiger partial charge in [-0.05, 0) is 19.9 Å². The summed E-state index contributed by atoms with van der Waals surface area (Å²) in [7, 11) is -1.67. The standard InChI is InChI=1S/C12H21F3N2O3S/c1-17(7-11(18)16-8-12(13,14)15)9-5-3-4-6-10(9)21(2,19)20/h9-10H,3-8H2,1-2H3,(H,16,18)/t9-,10-/m1/s1. The Morgan fingerprint density at radius 1 is 1.29 bits per heavy atom. The van der Waals surface area contributed by atoms with Crippen LogP contribution < -0.4 is 5.32 Å². The number of likely N-dealkylation sites (N-methyl/N-ethyl adjacent to an activating group) is 1. The first-order valence-electron chi connectivity index (χ1n) is 6.73. The number of sulfone groups is 1. The molecule has 0 heterocycles. The summed E-state index contributed by atoms with van der Waals surface area (Å²) < 4.78 is 59.6. The molecule has 2 atom stereocenters. The van der Waals surface area contributed by atoms with E-state index < -0.39 is 33.7 Å². The van der Waals surface area contributed by atoms with Crippen molar-refractivity contribution in [1.82, 2.24) is 10.2 Å². The number of alkyl halides is 3. The molecule has 1 rings (SSSR count). The highest BCUT2D eigenvalue weighted by atomic mass is 32.2. The van der Waals surface area contributed by atoms with Crippen molar-refractivity contribution in [2.75, 3.05) is 26.4 Å². The fraction of sp³-hybridized carbons (Fsp3) is 0.917. The summed E-state index contributed by atoms with van der Waals surface area (Å²) in [4.78, 5) is 13.0. The summed E-state index contributed by atoms with van der Waals surface area (Å²) in [5.74, 6) is -0.757. The molecule has 21 heavy (non-hydrogen) atoms. The largest absolute Gasteiger partial charge is 0.405 e. The van der Waals surface area contributed by atoms with Gasteiger partial charge < -0.3 is 5.32 Å². The SMILES string of the molecule is CN(CC(=O)NCC(F)(F)F)[C@@H]1CCCC[C@H]1S(C)(=O)=O. The van der Waals surface area contributed by atoms with E-state index in [9.17, 15) is 26.4 Å². The molecule has 0 unspecified atom stereocenters. The molecule has 1 amide bonds. The molecule has 5 nitrogen and oxygen atoms in total. The predicted octanol–water partition coefficient (Wildman–Crippen LogP) is 0.953. The zero-order chi connectivity index (χ0) is 16.3. The van der Waals surface area contributed by atoms with Crippen molar-refractivity contribution in [1.29, 1.82) is 0 Å². The summed E-state index contributed by atoms with van der Waals surface area (Å²) in [6.07, 6.45) is -0.478. The van der Waals surface area contributed by atoms with Crippen LogP contribution >= 0.6 is 0 Å². The molecule has 1 saturated carbocycles. The number of rotatable bonds is 5. The van der Waals surface area contributed by atoms with Crippen LogP contribution in [0.25, 0.3) is 0 Å². The van der Waals surface area contributed by atoms with Gasteiger partial charge in [-0.2, -0.15) is 13.2 Å². The molecular weight excluding hydrogens is 309 g/mol. The Balaban J connectivity index is 2.60. The van der Waals surface area contributed by atoms with Crippen molar-refractivity contribution in [2.45, 2.75) is 43.2 Å². The van der Waals surface area contributed by atoms with Crippen LogP contribution in [0.1, 0.15) is 25.7 Å². The summed E-state index contributed by atoms with van der Waals surface area (Å²) in [5, 5.41) is 1.23. The second kappa shape index (κ2) is 6.95. The first-order chi connectivity index (χ1) is 9.50. The Kier molecular flexibility index (Phi) is 6.03. The smallest absolute Gasteiger partial charge is 0.346 e. The zero-order valence-electron chi connectivity index (χ0n) is 12.1. The van der Waals surface area contributed by atoms with Crippen molar-refractivity contribution in [2.24, 2.45) is 0 Å². The molecular formula is C12H21F3N2O3S. The zero-order valence-corrected chi connectivity index (χ0v) is 12.9. The maximum absolute atomic E-state index is 12.0. The van der Waals surface area contributed by atoms with Crippen molar-refractivity contribution in [3.63, 3.8) is 0 Å². The summed E-state index contributed by atoms with van der Waals surface area (Å²) in [6, 6.07) is -0.328. The van der Waals surface area contributed by atoms with Crippen LogP contribution in [0.2, 0.25) is 0 Å². The molecule has 9 heteroatoms. The number of hydrogen-bond donors (Lipinski definition) is 1. The van der Waals surface area contributed by atoms with Crippen LogP contribution in [0.5, 0.6) is 0 Å². The Morgan fingerprint density at radius 3 is 2.38 bits per heavy atom. The molecule has 0 aromatic heterocycles. The number of hydrogen-bond acceptors (Lipinski definition) is 4. The highest BCUT2D eigenvalue weighted by Crippen LogP contribution is 2.27. The van der Waals surface area contributed by atoms with Crippen molar-refractivity contribution < 1.29 is 26.4 Å². The lowest BCUT2D eigenvalue weighted by Crippen LogP contribution is -2.50. The van der Waals surface area contributed by atoms with Crippen LogP contribution in [-0.4, -0.2) is 63.1 Å². The van der Waals surface area contributed by atoms with E-state index in [1.165, 1.54) is 4.90 Å². The Hall–Kier alpha value is -0.830. The molecule has 1 aliphatic rings. The minimum absolute atomic E-state index is 0.243. The molecule has 1 fully saturated rings. The van der Waals surface area contributed by atoms with Crippen LogP contribution in [0.15, 0.2) is 0 Å². The van der Waals surface area contributed by atoms with E-state index in [0.717, 1.165) is 19.1 Å². The van der Waals surface area contributed by atoms with Gasteiger partial charge in [0.2, 0.25) is 5.91 Å². The van der Waals surface area contributed by atoms with Gasteiger partial charge >= 0.3 is 6.18 Å². The quantitative estimate of drug-likeness (QED) is 0.815. The second-order valence-electron chi connectivity index (χ2n) is 5.53. The summed E-state index contributed by atoms with van der Waals surface area (Å²) in [6.45, 7) is -1.62. The van der Waals surface area contributed by atoms with Crippen molar-refractivity contribution >= 4 is 15.7 Å². The van der Waals surface area contributed by atoms with Crippen LogP contribution in [0.4, 0.5) is 13.2 Å². The molecule has 0 aliphatic heterocycles. The lowest BCUT2D eigenvalue weighted by Gasteiger charge is -2.36. The van der Waals surface area contributed by atoms with Crippen LogP contribution in [0, 0.1) is 0 Å². The van der Waals surface area contributed by atoms with Crippen molar-refractivity contribution in [3.05, 3.63) is 0 Å². The number of carbonyl (C=O) groups is 1. The molecule has 0 aromatic rings. The molecule has 0 spiro atoms. The fourth-order valence-corrected chi connectivity index (χ4v) is 4.19. The third kappa shape index (κ3) is 6.21. The average Bonchev–Trinajstić information content (AvgIpc) is 2.34. The lowest BCUT2D eigenvalue weighted by atomic mass is 9.94. The first kappa shape index (κ1) is 18.2. The van der Waals surface area contributed by atoms with E-state index in [1.54, 1.807) is 12.4 Å². The van der Waals surface area contributed by atoms with Gasteiger partial charge in [-0.15, -0.1) is 0 Å². The Morgan fingerprint density at radius 2 is 1.86 bits per heavy atom. The first-order valence-corrected chi connectivity index (χ1v) is 8.69. The van der Waals surface area contributed by atoms with Gasteiger partial charge in [-0.3, -0.25) is 9.69 Å². The van der Waals surface area contributed by atoms with Gasteiger partial charge in [0, 0.05) is 12.3 Å². The summed E-state index contributed by atoms with van der Waals surface area (Å²) >= 11 is 0. The average molecular weight is 330 g/mol. The van der Waals surface area contributed by atoms with Crippen LogP contribution in [0.3, 0.4) is 0 Å². The van der Waals surface area contributed by atoms with Gasteiger partial charge in [0.15, 0.2) is 9.84 Å². The van der Waals surface area contributed by atoms with Gasteiger partial charge in [0.1, 0.15) is 6.54 Å². The van der Waals surface area contributed by atoms with Gasteiger partial charge in [0.05, 0.1) is 11.8 Å². The van der Waals surface area contributed by atoms with Crippen LogP contribution in [-0.2, 0) is 14.6 Å². The fourth-order valence-electron chi connectivity index (χ4n) is 2.68. The number of nitrogens with one attached hydrogen (secondary N) is 1.